The Morgan fingerprint density at radius 3 is 2.82 bits per heavy atom. The molecule has 0 radical (unpaired) electrons. The fraction of sp³-hybridized carbons (Fsp3) is 0.312. The van der Waals surface area contributed by atoms with Crippen LogP contribution in [-0.2, 0) is 16.1 Å². The molecule has 1 aromatic heterocycles. The molecule has 1 heterocycles. The van der Waals surface area contributed by atoms with Crippen LogP contribution in [0.5, 0.6) is 0 Å². The van der Waals surface area contributed by atoms with E-state index in [9.17, 15) is 4.79 Å². The number of ether oxygens (including phenoxy) is 1. The number of hydrogen-bond donors (Lipinski definition) is 1. The molecule has 114 valence electrons. The number of amides is 1. The minimum Gasteiger partial charge on any atom is -0.376 e. The molecule has 2 atom stereocenters. The second kappa shape index (κ2) is 6.98. The predicted octanol–water partition coefficient (Wildman–Crippen LogP) is 3.03. The maximum absolute atomic E-state index is 12.1. The molecule has 0 bridgehead atoms. The third-order valence-electron chi connectivity index (χ3n) is 3.57. The van der Waals surface area contributed by atoms with Gasteiger partial charge < -0.3 is 10.1 Å². The fourth-order valence-corrected chi connectivity index (χ4v) is 2.46. The Morgan fingerprint density at radius 1 is 1.27 bits per heavy atom. The second-order valence-corrected chi connectivity index (χ2v) is 6.13. The van der Waals surface area contributed by atoms with E-state index in [2.05, 4.69) is 31.2 Å². The highest BCUT2D eigenvalue weighted by Gasteiger charge is 2.43. The van der Waals surface area contributed by atoms with E-state index < -0.39 is 0 Å². The van der Waals surface area contributed by atoms with Crippen molar-refractivity contribution in [1.82, 2.24) is 9.97 Å². The molecule has 1 amide bonds. The number of benzene rings is 1. The van der Waals surface area contributed by atoms with Crippen molar-refractivity contribution >= 4 is 27.7 Å². The number of carbonyl (C=O) groups excluding carboxylic acids is 1. The van der Waals surface area contributed by atoms with Crippen molar-refractivity contribution in [3.05, 3.63) is 52.9 Å². The van der Waals surface area contributed by atoms with Gasteiger partial charge in [-0.15, -0.1) is 0 Å². The lowest BCUT2D eigenvalue weighted by Gasteiger charge is -2.05. The van der Waals surface area contributed by atoms with Gasteiger partial charge in [0, 0.05) is 5.92 Å². The summed E-state index contributed by atoms with van der Waals surface area (Å²) in [6, 6.07) is 10.0. The first kappa shape index (κ1) is 15.1. The summed E-state index contributed by atoms with van der Waals surface area (Å²) in [5.41, 5.74) is 1.15. The monoisotopic (exact) mass is 361 g/mol. The van der Waals surface area contributed by atoms with Crippen LogP contribution < -0.4 is 5.32 Å². The van der Waals surface area contributed by atoms with Crippen molar-refractivity contribution in [2.24, 2.45) is 11.8 Å². The number of rotatable bonds is 6. The largest absolute Gasteiger partial charge is 0.376 e. The molecule has 1 aliphatic rings. The highest BCUT2D eigenvalue weighted by molar-refractivity contribution is 9.10. The van der Waals surface area contributed by atoms with Gasteiger partial charge in [-0.05, 0) is 33.8 Å². The second-order valence-electron chi connectivity index (χ2n) is 5.32. The maximum Gasteiger partial charge on any atom is 0.229 e. The Balaban J connectivity index is 1.40. The zero-order valence-corrected chi connectivity index (χ0v) is 13.5. The minimum absolute atomic E-state index is 0.00932. The number of nitrogens with one attached hydrogen (secondary N) is 1. The van der Waals surface area contributed by atoms with E-state index in [0.717, 1.165) is 12.0 Å². The number of halogens is 1. The van der Waals surface area contributed by atoms with E-state index in [0.29, 0.717) is 29.6 Å². The zero-order chi connectivity index (χ0) is 15.4. The molecule has 1 aromatic carbocycles. The standard InChI is InChI=1S/C16H16BrN3O2/c17-14-7-19-15(8-18-14)20-16(21)13-6-12(13)10-22-9-11-4-2-1-3-5-11/h1-5,7-8,12-13H,6,9-10H2,(H,19,20,21). The lowest BCUT2D eigenvalue weighted by molar-refractivity contribution is -0.117. The number of aromatic nitrogens is 2. The average Bonchev–Trinajstić information content (AvgIpc) is 3.30. The highest BCUT2D eigenvalue weighted by Crippen LogP contribution is 2.39. The van der Waals surface area contributed by atoms with Gasteiger partial charge in [-0.1, -0.05) is 30.3 Å². The van der Waals surface area contributed by atoms with E-state index >= 15 is 0 Å². The van der Waals surface area contributed by atoms with Gasteiger partial charge in [0.1, 0.15) is 4.60 Å². The van der Waals surface area contributed by atoms with Gasteiger partial charge in [0.2, 0.25) is 5.91 Å². The summed E-state index contributed by atoms with van der Waals surface area (Å²) in [5, 5.41) is 2.78. The summed E-state index contributed by atoms with van der Waals surface area (Å²) in [7, 11) is 0. The van der Waals surface area contributed by atoms with Crippen molar-refractivity contribution in [1.29, 1.82) is 0 Å². The van der Waals surface area contributed by atoms with Crippen molar-refractivity contribution in [2.75, 3.05) is 11.9 Å². The first-order valence-corrected chi connectivity index (χ1v) is 7.92. The summed E-state index contributed by atoms with van der Waals surface area (Å²) in [6.45, 7) is 1.20. The topological polar surface area (TPSA) is 64.1 Å². The van der Waals surface area contributed by atoms with Gasteiger partial charge in [-0.25, -0.2) is 9.97 Å². The molecule has 0 saturated heterocycles. The highest BCUT2D eigenvalue weighted by atomic mass is 79.9. The molecule has 1 saturated carbocycles. The van der Waals surface area contributed by atoms with Crippen LogP contribution in [0.15, 0.2) is 47.3 Å². The van der Waals surface area contributed by atoms with Gasteiger partial charge >= 0.3 is 0 Å². The molecule has 0 aliphatic heterocycles. The van der Waals surface area contributed by atoms with E-state index in [1.54, 1.807) is 6.20 Å². The van der Waals surface area contributed by atoms with Crippen LogP contribution in [0.25, 0.3) is 0 Å². The zero-order valence-electron chi connectivity index (χ0n) is 11.9. The third-order valence-corrected chi connectivity index (χ3v) is 3.98. The summed E-state index contributed by atoms with van der Waals surface area (Å²) < 4.78 is 6.32. The van der Waals surface area contributed by atoms with Crippen LogP contribution >= 0.6 is 15.9 Å². The Hall–Kier alpha value is -1.79. The fourth-order valence-electron chi connectivity index (χ4n) is 2.25. The molecule has 1 fully saturated rings. The average molecular weight is 362 g/mol. The van der Waals surface area contributed by atoms with Crippen LogP contribution in [0, 0.1) is 11.8 Å². The summed E-state index contributed by atoms with van der Waals surface area (Å²) >= 11 is 3.21. The SMILES string of the molecule is O=C(Nc1cnc(Br)cn1)C1CC1COCc1ccccc1. The summed E-state index contributed by atoms with van der Waals surface area (Å²) in [6.07, 6.45) is 3.96. The first-order chi connectivity index (χ1) is 10.7. The van der Waals surface area contributed by atoms with Gasteiger partial charge in [-0.3, -0.25) is 4.79 Å². The van der Waals surface area contributed by atoms with Crippen LogP contribution in [-0.4, -0.2) is 22.5 Å². The molecule has 1 aliphatic carbocycles. The van der Waals surface area contributed by atoms with Crippen molar-refractivity contribution in [3.63, 3.8) is 0 Å². The van der Waals surface area contributed by atoms with Gasteiger partial charge in [0.15, 0.2) is 5.82 Å². The van der Waals surface area contributed by atoms with Gasteiger partial charge in [0.25, 0.3) is 0 Å². The van der Waals surface area contributed by atoms with Crippen LogP contribution in [0.2, 0.25) is 0 Å². The van der Waals surface area contributed by atoms with Crippen molar-refractivity contribution in [2.45, 2.75) is 13.0 Å². The number of carbonyl (C=O) groups is 1. The third kappa shape index (κ3) is 4.11. The lowest BCUT2D eigenvalue weighted by atomic mass is 10.2. The van der Waals surface area contributed by atoms with E-state index in [1.807, 2.05) is 30.3 Å². The van der Waals surface area contributed by atoms with Gasteiger partial charge in [0.05, 0.1) is 25.6 Å². The molecule has 1 N–H and O–H groups in total. The molecular weight excluding hydrogens is 346 g/mol. The molecule has 2 unspecified atom stereocenters. The Morgan fingerprint density at radius 2 is 2.09 bits per heavy atom. The molecule has 22 heavy (non-hydrogen) atoms. The molecular formula is C16H16BrN3O2. The van der Waals surface area contributed by atoms with Crippen molar-refractivity contribution < 1.29 is 9.53 Å². The number of anilines is 1. The molecule has 6 heteroatoms. The Kier molecular flexibility index (Phi) is 4.80. The predicted molar refractivity (Wildman–Crippen MR) is 86.1 cm³/mol. The number of hydrogen-bond acceptors (Lipinski definition) is 4. The first-order valence-electron chi connectivity index (χ1n) is 7.12. The Bertz CT molecular complexity index is 634. The molecule has 0 spiro atoms. The van der Waals surface area contributed by atoms with E-state index in [-0.39, 0.29) is 11.8 Å². The smallest absolute Gasteiger partial charge is 0.229 e. The lowest BCUT2D eigenvalue weighted by Crippen LogP contribution is -2.16. The van der Waals surface area contributed by atoms with E-state index in [4.69, 9.17) is 4.74 Å². The van der Waals surface area contributed by atoms with Crippen LogP contribution in [0.1, 0.15) is 12.0 Å². The quantitative estimate of drug-likeness (QED) is 0.858. The van der Waals surface area contributed by atoms with Crippen LogP contribution in [0.3, 0.4) is 0 Å². The normalized spacial score (nSPS) is 19.7. The summed E-state index contributed by atoms with van der Waals surface area (Å²) in [4.78, 5) is 20.2. The van der Waals surface area contributed by atoms with Gasteiger partial charge in [-0.2, -0.15) is 0 Å². The molecule has 2 aromatic rings. The minimum atomic E-state index is -0.00932. The van der Waals surface area contributed by atoms with Crippen LogP contribution in [0.4, 0.5) is 5.82 Å². The maximum atomic E-state index is 12.1. The molecule has 3 rings (SSSR count). The summed E-state index contributed by atoms with van der Waals surface area (Å²) in [5.74, 6) is 0.780. The Labute approximate surface area is 137 Å². The van der Waals surface area contributed by atoms with Crippen molar-refractivity contribution in [3.8, 4) is 0 Å². The van der Waals surface area contributed by atoms with E-state index in [1.165, 1.54) is 6.20 Å². The molecule has 5 nitrogen and oxygen atoms in total. The number of nitrogens with zero attached hydrogens (tertiary/aromatic N) is 2.